The third-order valence-corrected chi connectivity index (χ3v) is 6.24. The molecule has 24 heavy (non-hydrogen) atoms. The number of likely N-dealkylation sites (tertiary alicyclic amines) is 1. The first-order valence-electron chi connectivity index (χ1n) is 9.95. The molecule has 2 fully saturated rings. The van der Waals surface area contributed by atoms with Crippen molar-refractivity contribution in [3.05, 3.63) is 29.8 Å². The number of nitrogen functional groups attached to an aromatic ring is 1. The summed E-state index contributed by atoms with van der Waals surface area (Å²) in [5.74, 6) is 0.719. The number of unbranched alkanes of at least 4 members (excludes halogenated alkanes) is 5. The Morgan fingerprint density at radius 2 is 1.75 bits per heavy atom. The van der Waals surface area contributed by atoms with Gasteiger partial charge in [0.15, 0.2) is 0 Å². The topological polar surface area (TPSA) is 49.5 Å². The molecule has 2 aliphatic rings. The third kappa shape index (κ3) is 3.62. The van der Waals surface area contributed by atoms with Crippen molar-refractivity contribution in [2.75, 3.05) is 25.4 Å². The van der Waals surface area contributed by atoms with Crippen LogP contribution < -0.4 is 5.73 Å². The number of nitrogens with zero attached hydrogens (tertiary/aromatic N) is 1. The minimum Gasteiger partial charge on any atom is -0.399 e. The van der Waals surface area contributed by atoms with Gasteiger partial charge in [-0.3, -0.25) is 0 Å². The van der Waals surface area contributed by atoms with Crippen LogP contribution >= 0.6 is 0 Å². The van der Waals surface area contributed by atoms with Gasteiger partial charge in [0.1, 0.15) is 0 Å². The van der Waals surface area contributed by atoms with E-state index in [2.05, 4.69) is 17.9 Å². The lowest BCUT2D eigenvalue weighted by Crippen LogP contribution is -2.52. The van der Waals surface area contributed by atoms with Gasteiger partial charge in [-0.15, -0.1) is 0 Å². The molecule has 0 radical (unpaired) electrons. The van der Waals surface area contributed by atoms with Crippen molar-refractivity contribution in [2.45, 2.75) is 63.9 Å². The molecule has 1 saturated carbocycles. The van der Waals surface area contributed by atoms with E-state index in [1.807, 2.05) is 18.2 Å². The van der Waals surface area contributed by atoms with Gasteiger partial charge in [0.05, 0.1) is 5.60 Å². The molecule has 2 unspecified atom stereocenters. The maximum Gasteiger partial charge on any atom is 0.0977 e. The molecule has 3 rings (SSSR count). The van der Waals surface area contributed by atoms with Crippen LogP contribution in [0.2, 0.25) is 0 Å². The Balaban J connectivity index is 1.55. The highest BCUT2D eigenvalue weighted by Crippen LogP contribution is 2.51. The molecule has 1 heterocycles. The van der Waals surface area contributed by atoms with Crippen LogP contribution in [0.25, 0.3) is 0 Å². The van der Waals surface area contributed by atoms with E-state index in [4.69, 9.17) is 5.73 Å². The van der Waals surface area contributed by atoms with Gasteiger partial charge in [-0.25, -0.2) is 0 Å². The van der Waals surface area contributed by atoms with Crippen LogP contribution in [0.15, 0.2) is 24.3 Å². The number of anilines is 1. The number of rotatable bonds is 8. The molecule has 1 aromatic rings. The number of benzene rings is 1. The fourth-order valence-electron chi connectivity index (χ4n) is 4.89. The second-order valence-electron chi connectivity index (χ2n) is 7.95. The predicted octanol–water partition coefficient (Wildman–Crippen LogP) is 4.16. The van der Waals surface area contributed by atoms with Crippen LogP contribution in [0.3, 0.4) is 0 Å². The van der Waals surface area contributed by atoms with Gasteiger partial charge in [0.25, 0.3) is 0 Å². The smallest absolute Gasteiger partial charge is 0.0977 e. The Kier molecular flexibility index (Phi) is 5.83. The summed E-state index contributed by atoms with van der Waals surface area (Å²) in [6.07, 6.45) is 10.4. The molecule has 0 amide bonds. The first-order chi connectivity index (χ1) is 11.6. The van der Waals surface area contributed by atoms with E-state index in [0.717, 1.165) is 37.2 Å². The fraction of sp³-hybridized carbons (Fsp3) is 0.714. The lowest BCUT2D eigenvalue weighted by molar-refractivity contribution is -0.0898. The summed E-state index contributed by atoms with van der Waals surface area (Å²) in [6, 6.07) is 7.92. The van der Waals surface area contributed by atoms with Crippen molar-refractivity contribution in [1.29, 1.82) is 0 Å². The van der Waals surface area contributed by atoms with E-state index in [-0.39, 0.29) is 0 Å². The van der Waals surface area contributed by atoms with Crippen LogP contribution in [-0.4, -0.2) is 29.6 Å². The summed E-state index contributed by atoms with van der Waals surface area (Å²) in [4.78, 5) is 2.60. The molecule has 1 aliphatic carbocycles. The Hall–Kier alpha value is -1.06. The minimum atomic E-state index is -0.660. The Bertz CT molecular complexity index is 516. The zero-order valence-electron chi connectivity index (χ0n) is 15.2. The Labute approximate surface area is 147 Å². The zero-order valence-corrected chi connectivity index (χ0v) is 15.2. The number of hydrogen-bond acceptors (Lipinski definition) is 3. The second-order valence-corrected chi connectivity index (χ2v) is 7.95. The standard InChI is InChI=1S/C21H34N2O/c1-2-3-4-5-6-7-13-23-15-18-11-12-19(16-23)21(18,24)17-9-8-10-20(22)14-17/h8-10,14,18-19,24H,2-7,11-13,15-16,22H2,1H3. The lowest BCUT2D eigenvalue weighted by Gasteiger charge is -2.45. The van der Waals surface area contributed by atoms with Crippen LogP contribution in [0.5, 0.6) is 0 Å². The average Bonchev–Trinajstić information content (AvgIpc) is 2.75. The average molecular weight is 331 g/mol. The number of hydrogen-bond donors (Lipinski definition) is 2. The highest BCUT2D eigenvalue weighted by Gasteiger charge is 2.53. The van der Waals surface area contributed by atoms with E-state index in [1.54, 1.807) is 0 Å². The number of piperidine rings is 1. The van der Waals surface area contributed by atoms with E-state index >= 15 is 0 Å². The maximum atomic E-state index is 11.5. The summed E-state index contributed by atoms with van der Waals surface area (Å²) in [7, 11) is 0. The van der Waals surface area contributed by atoms with Crippen molar-refractivity contribution in [2.24, 2.45) is 11.8 Å². The van der Waals surface area contributed by atoms with Crippen LogP contribution in [0, 0.1) is 11.8 Å². The molecule has 3 heteroatoms. The zero-order chi connectivity index (χ0) is 17.0. The van der Waals surface area contributed by atoms with Gasteiger partial charge in [-0.2, -0.15) is 0 Å². The summed E-state index contributed by atoms with van der Waals surface area (Å²) >= 11 is 0. The first-order valence-corrected chi connectivity index (χ1v) is 9.95. The van der Waals surface area contributed by atoms with Gasteiger partial charge < -0.3 is 15.7 Å². The predicted molar refractivity (Wildman–Crippen MR) is 101 cm³/mol. The van der Waals surface area contributed by atoms with E-state index in [0.29, 0.717) is 11.8 Å². The molecule has 1 aliphatic heterocycles. The number of nitrogens with two attached hydrogens (primary N) is 1. The van der Waals surface area contributed by atoms with Gasteiger partial charge in [-0.05, 0) is 43.5 Å². The molecule has 1 saturated heterocycles. The van der Waals surface area contributed by atoms with Gasteiger partial charge in [-0.1, -0.05) is 51.2 Å². The Morgan fingerprint density at radius 3 is 2.42 bits per heavy atom. The van der Waals surface area contributed by atoms with Crippen LogP contribution in [0.4, 0.5) is 5.69 Å². The molecule has 1 aromatic carbocycles. The number of fused-ring (bicyclic) bond motifs is 2. The van der Waals surface area contributed by atoms with E-state index < -0.39 is 5.60 Å². The third-order valence-electron chi connectivity index (χ3n) is 6.24. The van der Waals surface area contributed by atoms with Gasteiger partial charge in [0, 0.05) is 30.6 Å². The molecule has 2 atom stereocenters. The van der Waals surface area contributed by atoms with E-state index in [1.165, 1.54) is 45.1 Å². The minimum absolute atomic E-state index is 0.359. The first kappa shape index (κ1) is 17.8. The van der Waals surface area contributed by atoms with Gasteiger partial charge >= 0.3 is 0 Å². The van der Waals surface area contributed by atoms with Crippen LogP contribution in [0.1, 0.15) is 63.9 Å². The van der Waals surface area contributed by atoms with Crippen molar-refractivity contribution >= 4 is 5.69 Å². The largest absolute Gasteiger partial charge is 0.399 e. The highest BCUT2D eigenvalue weighted by molar-refractivity contribution is 5.43. The monoisotopic (exact) mass is 330 g/mol. The SMILES string of the molecule is CCCCCCCCN1CC2CCC(C1)C2(O)c1cccc(N)c1. The summed E-state index contributed by atoms with van der Waals surface area (Å²) in [5, 5.41) is 11.5. The summed E-state index contributed by atoms with van der Waals surface area (Å²) in [6.45, 7) is 5.55. The second kappa shape index (κ2) is 7.88. The summed E-state index contributed by atoms with van der Waals surface area (Å²) < 4.78 is 0. The van der Waals surface area contributed by atoms with Gasteiger partial charge in [0.2, 0.25) is 0 Å². The van der Waals surface area contributed by atoms with Crippen molar-refractivity contribution < 1.29 is 5.11 Å². The molecular formula is C21H34N2O. The Morgan fingerprint density at radius 1 is 1.08 bits per heavy atom. The molecule has 0 spiro atoms. The maximum absolute atomic E-state index is 11.5. The van der Waals surface area contributed by atoms with Crippen molar-refractivity contribution in [3.63, 3.8) is 0 Å². The molecule has 134 valence electrons. The molecule has 3 nitrogen and oxygen atoms in total. The number of aliphatic hydroxyl groups is 1. The quantitative estimate of drug-likeness (QED) is 0.556. The lowest BCUT2D eigenvalue weighted by atomic mass is 9.75. The summed E-state index contributed by atoms with van der Waals surface area (Å²) in [5.41, 5.74) is 7.09. The molecule has 3 N–H and O–H groups in total. The van der Waals surface area contributed by atoms with E-state index in [9.17, 15) is 5.11 Å². The van der Waals surface area contributed by atoms with Crippen molar-refractivity contribution in [1.82, 2.24) is 4.90 Å². The fourth-order valence-corrected chi connectivity index (χ4v) is 4.89. The molecule has 2 bridgehead atoms. The normalized spacial score (nSPS) is 29.9. The van der Waals surface area contributed by atoms with Crippen LogP contribution in [-0.2, 0) is 5.60 Å². The van der Waals surface area contributed by atoms with Crippen molar-refractivity contribution in [3.8, 4) is 0 Å². The molecular weight excluding hydrogens is 296 g/mol. The highest BCUT2D eigenvalue weighted by atomic mass is 16.3. The molecule has 0 aromatic heterocycles.